The van der Waals surface area contributed by atoms with Gasteiger partial charge in [-0.1, -0.05) is 12.1 Å². The van der Waals surface area contributed by atoms with Crippen molar-refractivity contribution in [1.82, 2.24) is 20.2 Å². The maximum absolute atomic E-state index is 5.63. The number of aromatic nitrogens is 4. The van der Waals surface area contributed by atoms with E-state index in [2.05, 4.69) is 49.7 Å². The third kappa shape index (κ3) is 3.22. The Morgan fingerprint density at radius 1 is 1.19 bits per heavy atom. The molecular weight excluding hydrogens is 330 g/mol. The highest BCUT2D eigenvalue weighted by Gasteiger charge is 2.34. The zero-order valence-electron chi connectivity index (χ0n) is 14.9. The minimum atomic E-state index is 0.00397. The number of aromatic amines is 1. The average molecular weight is 353 g/mol. The molecule has 0 radical (unpaired) electrons. The van der Waals surface area contributed by atoms with Crippen LogP contribution in [0.15, 0.2) is 36.8 Å². The molecule has 3 aromatic rings. The van der Waals surface area contributed by atoms with Gasteiger partial charge in [0.15, 0.2) is 5.65 Å². The monoisotopic (exact) mass is 353 g/mol. The van der Waals surface area contributed by atoms with Crippen LogP contribution in [0.2, 0.25) is 0 Å². The summed E-state index contributed by atoms with van der Waals surface area (Å²) in [6.45, 7) is 4.98. The molecule has 0 aliphatic carbocycles. The summed E-state index contributed by atoms with van der Waals surface area (Å²) in [6.07, 6.45) is 5.24. The van der Waals surface area contributed by atoms with Crippen LogP contribution in [0.5, 0.6) is 5.75 Å². The van der Waals surface area contributed by atoms with Crippen molar-refractivity contribution in [2.45, 2.75) is 25.2 Å². The van der Waals surface area contributed by atoms with Crippen LogP contribution in [0.1, 0.15) is 25.3 Å². The Kier molecular flexibility index (Phi) is 4.71. The van der Waals surface area contributed by atoms with Gasteiger partial charge in [-0.3, -0.25) is 5.10 Å². The van der Waals surface area contributed by atoms with E-state index < -0.39 is 0 Å². The summed E-state index contributed by atoms with van der Waals surface area (Å²) in [6, 6.07) is 8.45. The quantitative estimate of drug-likeness (QED) is 0.709. The van der Waals surface area contributed by atoms with Crippen molar-refractivity contribution in [2.75, 3.05) is 31.7 Å². The molecule has 0 saturated carbocycles. The van der Waals surface area contributed by atoms with Crippen LogP contribution in [-0.4, -0.2) is 46.5 Å². The van der Waals surface area contributed by atoms with Gasteiger partial charge in [-0.2, -0.15) is 5.10 Å². The van der Waals surface area contributed by atoms with Crippen molar-refractivity contribution in [2.24, 2.45) is 0 Å². The van der Waals surface area contributed by atoms with E-state index in [0.29, 0.717) is 6.61 Å². The van der Waals surface area contributed by atoms with E-state index in [1.165, 1.54) is 5.56 Å². The van der Waals surface area contributed by atoms with Crippen molar-refractivity contribution in [3.8, 4) is 5.75 Å². The smallest absolute Gasteiger partial charge is 0.160 e. The molecule has 1 aromatic carbocycles. The van der Waals surface area contributed by atoms with Crippen LogP contribution in [0.3, 0.4) is 0 Å². The summed E-state index contributed by atoms with van der Waals surface area (Å²) in [5, 5.41) is 11.4. The number of hydrogen-bond acceptors (Lipinski definition) is 6. The predicted octanol–water partition coefficient (Wildman–Crippen LogP) is 2.91. The molecule has 0 atom stereocenters. The van der Waals surface area contributed by atoms with Gasteiger partial charge < -0.3 is 14.8 Å². The molecule has 2 aromatic heterocycles. The highest BCUT2D eigenvalue weighted by molar-refractivity contribution is 5.85. The molecule has 1 aliphatic rings. The SMILES string of the molecule is CCOc1ccc(C2(CNc3ncnc4[nH]ncc34)CCOCC2)cc1. The molecule has 0 bridgehead atoms. The Balaban J connectivity index is 1.59. The third-order valence-electron chi connectivity index (χ3n) is 5.07. The van der Waals surface area contributed by atoms with E-state index in [9.17, 15) is 0 Å². The Morgan fingerprint density at radius 2 is 2.00 bits per heavy atom. The molecular formula is C19H23N5O2. The summed E-state index contributed by atoms with van der Waals surface area (Å²) in [4.78, 5) is 8.59. The summed E-state index contributed by atoms with van der Waals surface area (Å²) in [5.74, 6) is 1.71. The molecule has 7 heteroatoms. The average Bonchev–Trinajstić information content (AvgIpc) is 3.17. The third-order valence-corrected chi connectivity index (χ3v) is 5.07. The molecule has 0 unspecified atom stereocenters. The van der Waals surface area contributed by atoms with E-state index in [1.807, 2.05) is 6.92 Å². The number of anilines is 1. The molecule has 26 heavy (non-hydrogen) atoms. The van der Waals surface area contributed by atoms with Gasteiger partial charge in [0, 0.05) is 25.2 Å². The Bertz CT molecular complexity index is 856. The van der Waals surface area contributed by atoms with Gasteiger partial charge in [-0.05, 0) is 37.5 Å². The van der Waals surface area contributed by atoms with Gasteiger partial charge in [0.05, 0.1) is 18.2 Å². The zero-order chi connectivity index (χ0) is 17.8. The molecule has 2 N–H and O–H groups in total. The molecule has 7 nitrogen and oxygen atoms in total. The topological polar surface area (TPSA) is 85.0 Å². The normalized spacial score (nSPS) is 16.5. The maximum Gasteiger partial charge on any atom is 0.160 e. The zero-order valence-corrected chi connectivity index (χ0v) is 14.9. The predicted molar refractivity (Wildman–Crippen MR) is 99.5 cm³/mol. The minimum Gasteiger partial charge on any atom is -0.494 e. The summed E-state index contributed by atoms with van der Waals surface area (Å²) >= 11 is 0. The molecule has 1 aliphatic heterocycles. The summed E-state index contributed by atoms with van der Waals surface area (Å²) in [5.41, 5.74) is 2.04. The highest BCUT2D eigenvalue weighted by Crippen LogP contribution is 2.36. The van der Waals surface area contributed by atoms with Gasteiger partial charge in [-0.15, -0.1) is 0 Å². The van der Waals surface area contributed by atoms with Crippen molar-refractivity contribution >= 4 is 16.9 Å². The number of nitrogens with zero attached hydrogens (tertiary/aromatic N) is 3. The number of benzene rings is 1. The number of ether oxygens (including phenoxy) is 2. The first-order valence-corrected chi connectivity index (χ1v) is 9.00. The Labute approximate surface area is 152 Å². The van der Waals surface area contributed by atoms with Crippen LogP contribution < -0.4 is 10.1 Å². The molecule has 1 fully saturated rings. The first kappa shape index (κ1) is 16.8. The van der Waals surface area contributed by atoms with Gasteiger partial charge >= 0.3 is 0 Å². The summed E-state index contributed by atoms with van der Waals surface area (Å²) in [7, 11) is 0. The van der Waals surface area contributed by atoms with Crippen LogP contribution in [0.4, 0.5) is 5.82 Å². The second-order valence-electron chi connectivity index (χ2n) is 6.56. The van der Waals surface area contributed by atoms with E-state index in [1.54, 1.807) is 12.5 Å². The largest absolute Gasteiger partial charge is 0.494 e. The fourth-order valence-corrected chi connectivity index (χ4v) is 3.56. The van der Waals surface area contributed by atoms with Crippen molar-refractivity contribution < 1.29 is 9.47 Å². The van der Waals surface area contributed by atoms with Gasteiger partial charge in [-0.25, -0.2) is 9.97 Å². The number of rotatable bonds is 6. The van der Waals surface area contributed by atoms with Crippen LogP contribution in [-0.2, 0) is 10.2 Å². The van der Waals surface area contributed by atoms with Crippen LogP contribution >= 0.6 is 0 Å². The maximum atomic E-state index is 5.63. The number of nitrogens with one attached hydrogen (secondary N) is 2. The first-order valence-electron chi connectivity index (χ1n) is 9.00. The number of hydrogen-bond donors (Lipinski definition) is 2. The lowest BCUT2D eigenvalue weighted by atomic mass is 9.74. The molecule has 3 heterocycles. The molecule has 136 valence electrons. The fourth-order valence-electron chi connectivity index (χ4n) is 3.56. The number of H-pyrrole nitrogens is 1. The highest BCUT2D eigenvalue weighted by atomic mass is 16.5. The lowest BCUT2D eigenvalue weighted by Gasteiger charge is -2.38. The Morgan fingerprint density at radius 3 is 2.77 bits per heavy atom. The van der Waals surface area contributed by atoms with Crippen LogP contribution in [0, 0.1) is 0 Å². The fraction of sp³-hybridized carbons (Fsp3) is 0.421. The first-order chi connectivity index (χ1) is 12.8. The standard InChI is InChI=1S/C19H23N5O2/c1-2-26-15-5-3-14(4-6-15)19(7-9-25-10-8-19)12-20-17-16-11-23-24-18(16)22-13-21-17/h3-6,11,13H,2,7-10,12H2,1H3,(H2,20,21,22,23,24). The molecule has 1 saturated heterocycles. The van der Waals surface area contributed by atoms with E-state index in [0.717, 1.165) is 55.2 Å². The minimum absolute atomic E-state index is 0.00397. The van der Waals surface area contributed by atoms with Crippen molar-refractivity contribution in [1.29, 1.82) is 0 Å². The second-order valence-corrected chi connectivity index (χ2v) is 6.56. The van der Waals surface area contributed by atoms with E-state index >= 15 is 0 Å². The Hall–Kier alpha value is -2.67. The molecule has 4 rings (SSSR count). The van der Waals surface area contributed by atoms with Gasteiger partial charge in [0.2, 0.25) is 0 Å². The van der Waals surface area contributed by atoms with E-state index in [-0.39, 0.29) is 5.41 Å². The molecule has 0 amide bonds. The summed E-state index contributed by atoms with van der Waals surface area (Å²) < 4.78 is 11.2. The number of fused-ring (bicyclic) bond motifs is 1. The van der Waals surface area contributed by atoms with Crippen molar-refractivity contribution in [3.63, 3.8) is 0 Å². The molecule has 0 spiro atoms. The van der Waals surface area contributed by atoms with Gasteiger partial charge in [0.25, 0.3) is 0 Å². The van der Waals surface area contributed by atoms with Crippen molar-refractivity contribution in [3.05, 3.63) is 42.4 Å². The van der Waals surface area contributed by atoms with Crippen LogP contribution in [0.25, 0.3) is 11.0 Å². The second kappa shape index (κ2) is 7.29. The lowest BCUT2D eigenvalue weighted by molar-refractivity contribution is 0.0543. The van der Waals surface area contributed by atoms with E-state index in [4.69, 9.17) is 9.47 Å². The van der Waals surface area contributed by atoms with Gasteiger partial charge in [0.1, 0.15) is 17.9 Å². The lowest BCUT2D eigenvalue weighted by Crippen LogP contribution is -2.40.